The number of carbonyl (C=O) groups is 2. The van der Waals surface area contributed by atoms with Crippen molar-refractivity contribution in [1.82, 2.24) is 4.98 Å². The molecule has 1 rings (SSSR count). The maximum Gasteiger partial charge on any atom is 0.412 e. The topological polar surface area (TPSA) is 88.5 Å². The van der Waals surface area contributed by atoms with Crippen LogP contribution >= 0.6 is 0 Å². The van der Waals surface area contributed by atoms with Crippen LogP contribution in [-0.2, 0) is 4.74 Å². The minimum atomic E-state index is -1.33. The molecule has 0 saturated heterocycles. The van der Waals surface area contributed by atoms with Gasteiger partial charge in [-0.3, -0.25) is 5.32 Å². The largest absolute Gasteiger partial charge is 0.477 e. The van der Waals surface area contributed by atoms with Crippen molar-refractivity contribution in [2.45, 2.75) is 0 Å². The van der Waals surface area contributed by atoms with E-state index < -0.39 is 17.9 Å². The van der Waals surface area contributed by atoms with Gasteiger partial charge in [0.1, 0.15) is 12.3 Å². The van der Waals surface area contributed by atoms with Gasteiger partial charge >= 0.3 is 12.1 Å². The summed E-state index contributed by atoms with van der Waals surface area (Å²) in [6.07, 6.45) is 1.13. The molecule has 0 aliphatic carbocycles. The van der Waals surface area contributed by atoms with Crippen LogP contribution in [0.4, 0.5) is 14.9 Å². The molecule has 1 heterocycles. The second kappa shape index (κ2) is 5.59. The van der Waals surface area contributed by atoms with Crippen molar-refractivity contribution < 1.29 is 23.8 Å². The molecule has 2 N–H and O–H groups in total. The summed E-state index contributed by atoms with van der Waals surface area (Å²) in [5, 5.41) is 10.7. The first-order valence-electron chi connectivity index (χ1n) is 4.48. The number of carboxylic acid groups (broad SMARTS) is 1. The summed E-state index contributed by atoms with van der Waals surface area (Å²) < 4.78 is 17.7. The standard InChI is InChI=1S/C10H9FN2O4/c1-2-3-17-10(16)13-7-4-8(9(14)15)12-5-6(7)11/h2,4-5H,1,3H2,(H,14,15)(H,12,13,16). The quantitative estimate of drug-likeness (QED) is 0.781. The van der Waals surface area contributed by atoms with Gasteiger partial charge in [-0.25, -0.2) is 19.0 Å². The number of nitrogens with one attached hydrogen (secondary N) is 1. The summed E-state index contributed by atoms with van der Waals surface area (Å²) in [7, 11) is 0. The predicted molar refractivity (Wildman–Crippen MR) is 56.3 cm³/mol. The number of carboxylic acids is 1. The van der Waals surface area contributed by atoms with Crippen LogP contribution in [0, 0.1) is 5.82 Å². The van der Waals surface area contributed by atoms with Crippen molar-refractivity contribution in [2.75, 3.05) is 11.9 Å². The number of halogens is 1. The maximum absolute atomic E-state index is 13.2. The zero-order chi connectivity index (χ0) is 12.8. The average molecular weight is 240 g/mol. The highest BCUT2D eigenvalue weighted by atomic mass is 19.1. The van der Waals surface area contributed by atoms with Crippen LogP contribution in [0.2, 0.25) is 0 Å². The minimum absolute atomic E-state index is 0.0374. The number of aromatic nitrogens is 1. The van der Waals surface area contributed by atoms with E-state index in [0.29, 0.717) is 6.20 Å². The van der Waals surface area contributed by atoms with E-state index >= 15 is 0 Å². The highest BCUT2D eigenvalue weighted by Crippen LogP contribution is 2.14. The van der Waals surface area contributed by atoms with Gasteiger partial charge in [0.15, 0.2) is 5.82 Å². The number of hydrogen-bond donors (Lipinski definition) is 2. The number of aromatic carboxylic acids is 1. The van der Waals surface area contributed by atoms with Gasteiger partial charge in [0.2, 0.25) is 0 Å². The molecule has 0 bridgehead atoms. The molecule has 0 spiro atoms. The van der Waals surface area contributed by atoms with Crippen molar-refractivity contribution in [3.05, 3.63) is 36.4 Å². The summed E-state index contributed by atoms with van der Waals surface area (Å²) >= 11 is 0. The molecule has 17 heavy (non-hydrogen) atoms. The lowest BCUT2D eigenvalue weighted by molar-refractivity contribution is 0.0690. The average Bonchev–Trinajstić information content (AvgIpc) is 2.29. The van der Waals surface area contributed by atoms with E-state index in [1.165, 1.54) is 6.08 Å². The van der Waals surface area contributed by atoms with E-state index in [4.69, 9.17) is 5.11 Å². The maximum atomic E-state index is 13.2. The van der Waals surface area contributed by atoms with Crippen molar-refractivity contribution in [1.29, 1.82) is 0 Å². The van der Waals surface area contributed by atoms with Gasteiger partial charge in [-0.1, -0.05) is 12.7 Å². The van der Waals surface area contributed by atoms with E-state index in [0.717, 1.165) is 6.07 Å². The number of anilines is 1. The molecule has 0 saturated carbocycles. The molecule has 0 fully saturated rings. The number of nitrogens with zero attached hydrogens (tertiary/aromatic N) is 1. The Morgan fingerprint density at radius 2 is 2.35 bits per heavy atom. The smallest absolute Gasteiger partial charge is 0.412 e. The summed E-state index contributed by atoms with van der Waals surface area (Å²) in [6, 6.07) is 0.896. The molecule has 7 heteroatoms. The molecular weight excluding hydrogens is 231 g/mol. The Bertz CT molecular complexity index is 462. The van der Waals surface area contributed by atoms with Crippen LogP contribution in [0.5, 0.6) is 0 Å². The number of amides is 1. The van der Waals surface area contributed by atoms with E-state index in [2.05, 4.69) is 21.6 Å². The highest BCUT2D eigenvalue weighted by Gasteiger charge is 2.12. The molecule has 0 unspecified atom stereocenters. The van der Waals surface area contributed by atoms with E-state index in [-0.39, 0.29) is 18.0 Å². The first-order valence-corrected chi connectivity index (χ1v) is 4.48. The Labute approximate surface area is 95.7 Å². The number of carbonyl (C=O) groups excluding carboxylic acids is 1. The Hall–Kier alpha value is -2.44. The predicted octanol–water partition coefficient (Wildman–Crippen LogP) is 1.65. The Morgan fingerprint density at radius 1 is 1.65 bits per heavy atom. The fraction of sp³-hybridized carbons (Fsp3) is 0.100. The van der Waals surface area contributed by atoms with Gasteiger partial charge in [-0.05, 0) is 6.07 Å². The lowest BCUT2D eigenvalue weighted by atomic mass is 10.3. The Balaban J connectivity index is 2.82. The summed E-state index contributed by atoms with van der Waals surface area (Å²) in [5.74, 6) is -2.18. The van der Waals surface area contributed by atoms with Crippen LogP contribution in [-0.4, -0.2) is 28.8 Å². The second-order valence-electron chi connectivity index (χ2n) is 2.87. The summed E-state index contributed by atoms with van der Waals surface area (Å²) in [6.45, 7) is 3.29. The van der Waals surface area contributed by atoms with Gasteiger partial charge in [0, 0.05) is 0 Å². The molecular formula is C10H9FN2O4. The molecule has 6 nitrogen and oxygen atoms in total. The third-order valence-corrected chi connectivity index (χ3v) is 1.64. The number of ether oxygens (including phenoxy) is 1. The van der Waals surface area contributed by atoms with Gasteiger partial charge in [-0.15, -0.1) is 0 Å². The van der Waals surface area contributed by atoms with E-state index in [9.17, 15) is 14.0 Å². The zero-order valence-electron chi connectivity index (χ0n) is 8.64. The normalized spacial score (nSPS) is 9.47. The van der Waals surface area contributed by atoms with Gasteiger partial charge < -0.3 is 9.84 Å². The fourth-order valence-electron chi connectivity index (χ4n) is 0.932. The van der Waals surface area contributed by atoms with Crippen molar-refractivity contribution in [3.63, 3.8) is 0 Å². The number of pyridine rings is 1. The summed E-state index contributed by atoms with van der Waals surface area (Å²) in [5.41, 5.74) is -0.697. The number of rotatable bonds is 4. The molecule has 0 aliphatic rings. The second-order valence-corrected chi connectivity index (χ2v) is 2.87. The first-order chi connectivity index (χ1) is 8.04. The fourth-order valence-corrected chi connectivity index (χ4v) is 0.932. The molecule has 90 valence electrons. The summed E-state index contributed by atoms with van der Waals surface area (Å²) in [4.78, 5) is 25.0. The molecule has 1 amide bonds. The minimum Gasteiger partial charge on any atom is -0.477 e. The molecule has 1 aromatic heterocycles. The number of hydrogen-bond acceptors (Lipinski definition) is 4. The van der Waals surface area contributed by atoms with Crippen LogP contribution in [0.25, 0.3) is 0 Å². The van der Waals surface area contributed by atoms with Gasteiger partial charge in [-0.2, -0.15) is 0 Å². The SMILES string of the molecule is C=CCOC(=O)Nc1cc(C(=O)O)ncc1F. The lowest BCUT2D eigenvalue weighted by Gasteiger charge is -2.06. The van der Waals surface area contributed by atoms with Crippen molar-refractivity contribution in [2.24, 2.45) is 0 Å². The van der Waals surface area contributed by atoms with Crippen LogP contribution in [0.15, 0.2) is 24.9 Å². The zero-order valence-corrected chi connectivity index (χ0v) is 8.64. The van der Waals surface area contributed by atoms with E-state index in [1.54, 1.807) is 0 Å². The highest BCUT2D eigenvalue weighted by molar-refractivity contribution is 5.89. The third-order valence-electron chi connectivity index (χ3n) is 1.64. The Morgan fingerprint density at radius 3 is 2.94 bits per heavy atom. The molecule has 1 aromatic rings. The van der Waals surface area contributed by atoms with Gasteiger partial charge in [0.05, 0.1) is 11.9 Å². The van der Waals surface area contributed by atoms with Crippen molar-refractivity contribution in [3.8, 4) is 0 Å². The molecule has 0 radical (unpaired) electrons. The van der Waals surface area contributed by atoms with Crippen LogP contribution in [0.3, 0.4) is 0 Å². The molecule has 0 atom stereocenters. The van der Waals surface area contributed by atoms with Crippen LogP contribution in [0.1, 0.15) is 10.5 Å². The van der Waals surface area contributed by atoms with Crippen molar-refractivity contribution >= 4 is 17.7 Å². The van der Waals surface area contributed by atoms with Crippen LogP contribution < -0.4 is 5.32 Å². The monoisotopic (exact) mass is 240 g/mol. The van der Waals surface area contributed by atoms with E-state index in [1.807, 2.05) is 0 Å². The first kappa shape index (κ1) is 12.6. The molecule has 0 aromatic carbocycles. The Kier molecular flexibility index (Phi) is 4.15. The third kappa shape index (κ3) is 3.56. The lowest BCUT2D eigenvalue weighted by Crippen LogP contribution is -2.15. The molecule has 0 aliphatic heterocycles. The van der Waals surface area contributed by atoms with Gasteiger partial charge in [0.25, 0.3) is 0 Å².